The van der Waals surface area contributed by atoms with E-state index in [1.807, 2.05) is 17.0 Å². The predicted molar refractivity (Wildman–Crippen MR) is 106 cm³/mol. The van der Waals surface area contributed by atoms with Gasteiger partial charge < -0.3 is 4.90 Å². The van der Waals surface area contributed by atoms with Crippen molar-refractivity contribution in [1.29, 1.82) is 0 Å². The zero-order valence-electron chi connectivity index (χ0n) is 15.4. The maximum Gasteiger partial charge on any atom is 0.227 e. The van der Waals surface area contributed by atoms with Crippen molar-refractivity contribution < 1.29 is 4.79 Å². The van der Waals surface area contributed by atoms with Crippen LogP contribution >= 0.6 is 7.92 Å². The van der Waals surface area contributed by atoms with Crippen molar-refractivity contribution in [2.75, 3.05) is 6.66 Å². The molecule has 24 heavy (non-hydrogen) atoms. The normalized spacial score (nSPS) is 12.5. The highest BCUT2D eigenvalue weighted by atomic mass is 31.1. The molecule has 1 unspecified atom stereocenters. The Kier molecular flexibility index (Phi) is 6.57. The molecular formula is C21H28NOP. The quantitative estimate of drug-likeness (QED) is 0.729. The molecule has 2 rings (SSSR count). The molecule has 0 aliphatic rings. The van der Waals surface area contributed by atoms with Crippen LogP contribution in [0.2, 0.25) is 0 Å². The molecule has 2 nitrogen and oxygen atoms in total. The predicted octanol–water partition coefficient (Wildman–Crippen LogP) is 3.94. The number of carbonyl (C=O) groups is 1. The molecule has 3 heteroatoms. The molecule has 1 amide bonds. The highest BCUT2D eigenvalue weighted by Gasteiger charge is 2.22. The van der Waals surface area contributed by atoms with Crippen molar-refractivity contribution in [3.63, 3.8) is 0 Å². The Morgan fingerprint density at radius 2 is 1.46 bits per heavy atom. The first-order valence-corrected chi connectivity index (χ1v) is 10.4. The SMILES string of the molecule is CC(C)N(C(=O)Cc1ccccc1P(C)c1ccccc1)C(C)C. The summed E-state index contributed by atoms with van der Waals surface area (Å²) < 4.78 is 0. The molecule has 0 aliphatic heterocycles. The third kappa shape index (κ3) is 4.45. The second kappa shape index (κ2) is 8.44. The lowest BCUT2D eigenvalue weighted by molar-refractivity contribution is -0.134. The van der Waals surface area contributed by atoms with E-state index in [9.17, 15) is 4.79 Å². The Labute approximate surface area is 147 Å². The molecule has 2 aromatic carbocycles. The minimum Gasteiger partial charge on any atom is -0.338 e. The minimum atomic E-state index is -0.443. The Balaban J connectivity index is 2.28. The monoisotopic (exact) mass is 341 g/mol. The van der Waals surface area contributed by atoms with Crippen LogP contribution in [0.15, 0.2) is 54.6 Å². The van der Waals surface area contributed by atoms with Crippen LogP contribution in [0.25, 0.3) is 0 Å². The van der Waals surface area contributed by atoms with E-state index in [0.29, 0.717) is 6.42 Å². The number of hydrogen-bond acceptors (Lipinski definition) is 1. The van der Waals surface area contributed by atoms with Crippen molar-refractivity contribution in [3.8, 4) is 0 Å². The average Bonchev–Trinajstić information content (AvgIpc) is 2.54. The molecular weight excluding hydrogens is 313 g/mol. The third-order valence-electron chi connectivity index (χ3n) is 4.24. The fourth-order valence-corrected chi connectivity index (χ4v) is 5.00. The zero-order valence-corrected chi connectivity index (χ0v) is 16.3. The van der Waals surface area contributed by atoms with Crippen molar-refractivity contribution in [2.24, 2.45) is 0 Å². The molecule has 0 aromatic heterocycles. The number of amides is 1. The lowest BCUT2D eigenvalue weighted by Gasteiger charge is -2.31. The van der Waals surface area contributed by atoms with Crippen molar-refractivity contribution in [1.82, 2.24) is 4.90 Å². The van der Waals surface area contributed by atoms with Gasteiger partial charge in [-0.15, -0.1) is 0 Å². The molecule has 0 N–H and O–H groups in total. The molecule has 0 bridgehead atoms. The Hall–Kier alpha value is -1.66. The molecule has 128 valence electrons. The van der Waals surface area contributed by atoms with Gasteiger partial charge in [0.2, 0.25) is 5.91 Å². The molecule has 0 spiro atoms. The topological polar surface area (TPSA) is 20.3 Å². The summed E-state index contributed by atoms with van der Waals surface area (Å²) in [4.78, 5) is 14.8. The van der Waals surface area contributed by atoms with Crippen molar-refractivity contribution >= 4 is 24.4 Å². The van der Waals surface area contributed by atoms with Gasteiger partial charge in [0.05, 0.1) is 6.42 Å². The molecule has 1 atom stereocenters. The summed E-state index contributed by atoms with van der Waals surface area (Å²) in [7, 11) is -0.443. The number of benzene rings is 2. The summed E-state index contributed by atoms with van der Waals surface area (Å²) in [6, 6.07) is 19.4. The first-order chi connectivity index (χ1) is 11.4. The minimum absolute atomic E-state index is 0.212. The van der Waals surface area contributed by atoms with Gasteiger partial charge in [-0.25, -0.2) is 0 Å². The van der Waals surface area contributed by atoms with E-state index in [2.05, 4.69) is 76.8 Å². The van der Waals surface area contributed by atoms with Gasteiger partial charge >= 0.3 is 0 Å². The van der Waals surface area contributed by atoms with Crippen molar-refractivity contribution in [3.05, 3.63) is 60.2 Å². The van der Waals surface area contributed by atoms with Gasteiger partial charge in [-0.1, -0.05) is 54.6 Å². The fraction of sp³-hybridized carbons (Fsp3) is 0.381. The van der Waals surface area contributed by atoms with Crippen LogP contribution in [0.4, 0.5) is 0 Å². The molecule has 0 fully saturated rings. The smallest absolute Gasteiger partial charge is 0.227 e. The van der Waals surface area contributed by atoms with E-state index >= 15 is 0 Å². The van der Waals surface area contributed by atoms with E-state index in [1.165, 1.54) is 10.6 Å². The van der Waals surface area contributed by atoms with Crippen molar-refractivity contribution in [2.45, 2.75) is 46.2 Å². The number of carbonyl (C=O) groups excluding carboxylic acids is 1. The van der Waals surface area contributed by atoms with Crippen LogP contribution in [-0.2, 0) is 11.2 Å². The summed E-state index contributed by atoms with van der Waals surface area (Å²) in [5.41, 5.74) is 1.16. The third-order valence-corrected chi connectivity index (χ3v) is 6.47. The van der Waals surface area contributed by atoms with Crippen LogP contribution in [0.5, 0.6) is 0 Å². The van der Waals surface area contributed by atoms with E-state index in [1.54, 1.807) is 0 Å². The summed E-state index contributed by atoms with van der Waals surface area (Å²) in [5, 5.41) is 2.65. The van der Waals surface area contributed by atoms with E-state index in [-0.39, 0.29) is 18.0 Å². The van der Waals surface area contributed by atoms with E-state index in [0.717, 1.165) is 5.56 Å². The lowest BCUT2D eigenvalue weighted by Crippen LogP contribution is -2.43. The molecule has 2 aromatic rings. The second-order valence-corrected chi connectivity index (χ2v) is 8.80. The van der Waals surface area contributed by atoms with Crippen LogP contribution in [-0.4, -0.2) is 29.6 Å². The van der Waals surface area contributed by atoms with Gasteiger partial charge in [0.25, 0.3) is 0 Å². The summed E-state index contributed by atoms with van der Waals surface area (Å²) in [5.74, 6) is 0.212. The van der Waals surface area contributed by atoms with Crippen LogP contribution in [0.1, 0.15) is 33.3 Å². The van der Waals surface area contributed by atoms with Gasteiger partial charge in [0.15, 0.2) is 0 Å². The highest BCUT2D eigenvalue weighted by Crippen LogP contribution is 2.30. The molecule has 0 saturated heterocycles. The van der Waals surface area contributed by atoms with Crippen LogP contribution in [0.3, 0.4) is 0 Å². The fourth-order valence-electron chi connectivity index (χ4n) is 3.20. The summed E-state index contributed by atoms with van der Waals surface area (Å²) in [6.07, 6.45) is 0.478. The van der Waals surface area contributed by atoms with E-state index in [4.69, 9.17) is 0 Å². The first kappa shape index (κ1) is 18.7. The van der Waals surface area contributed by atoms with Crippen LogP contribution < -0.4 is 10.6 Å². The van der Waals surface area contributed by atoms with Crippen LogP contribution in [0, 0.1) is 0 Å². The average molecular weight is 341 g/mol. The largest absolute Gasteiger partial charge is 0.338 e. The summed E-state index contributed by atoms with van der Waals surface area (Å²) in [6.45, 7) is 10.6. The number of hydrogen-bond donors (Lipinski definition) is 0. The standard InChI is InChI=1S/C21H28NOP/c1-16(2)22(17(3)4)21(23)15-18-11-9-10-14-20(18)24(5)19-12-7-6-8-13-19/h6-14,16-17H,15H2,1-5H3. The van der Waals surface area contributed by atoms with Gasteiger partial charge in [-0.2, -0.15) is 0 Å². The molecule has 0 radical (unpaired) electrons. The maximum absolute atomic E-state index is 12.8. The molecule has 0 saturated carbocycles. The lowest BCUT2D eigenvalue weighted by atomic mass is 10.1. The Morgan fingerprint density at radius 3 is 2.04 bits per heavy atom. The Bertz CT molecular complexity index is 659. The second-order valence-electron chi connectivity index (χ2n) is 6.69. The Morgan fingerprint density at radius 1 is 0.917 bits per heavy atom. The van der Waals surface area contributed by atoms with E-state index < -0.39 is 7.92 Å². The zero-order chi connectivity index (χ0) is 17.7. The van der Waals surface area contributed by atoms with Gasteiger partial charge in [-0.3, -0.25) is 4.79 Å². The molecule has 0 aliphatic carbocycles. The van der Waals surface area contributed by atoms with Gasteiger partial charge in [0.1, 0.15) is 0 Å². The number of nitrogens with zero attached hydrogens (tertiary/aromatic N) is 1. The number of rotatable bonds is 6. The first-order valence-electron chi connectivity index (χ1n) is 8.59. The maximum atomic E-state index is 12.8. The van der Waals surface area contributed by atoms with Gasteiger partial charge in [-0.05, 0) is 58.5 Å². The molecule has 0 heterocycles. The highest BCUT2D eigenvalue weighted by molar-refractivity contribution is 7.72. The summed E-state index contributed by atoms with van der Waals surface area (Å²) >= 11 is 0. The van der Waals surface area contributed by atoms with Gasteiger partial charge in [0, 0.05) is 12.1 Å².